The lowest BCUT2D eigenvalue weighted by Crippen LogP contribution is -2.61. The number of aliphatic hydroxyl groups excluding tert-OH is 2. The van der Waals surface area contributed by atoms with Gasteiger partial charge in [-0.25, -0.2) is 0 Å². The van der Waals surface area contributed by atoms with Gasteiger partial charge in [-0.3, -0.25) is 14.4 Å². The van der Waals surface area contributed by atoms with Crippen LogP contribution < -0.4 is 16.8 Å². The highest BCUT2D eigenvalue weighted by Crippen LogP contribution is 2.54. The molecule has 0 radical (unpaired) electrons. The number of anilines is 1. The summed E-state index contributed by atoms with van der Waals surface area (Å²) in [5.74, 6) is -7.51. The average molecular weight is 486 g/mol. The zero-order chi connectivity index (χ0) is 25.8. The minimum atomic E-state index is -2.60. The number of nitrogen functional groups attached to an aromatic ring is 1. The van der Waals surface area contributed by atoms with Gasteiger partial charge in [0.2, 0.25) is 5.78 Å². The molecule has 9 N–H and O–H groups in total. The Morgan fingerprint density at radius 1 is 1.26 bits per heavy atom. The Labute approximate surface area is 202 Å². The van der Waals surface area contributed by atoms with Crippen LogP contribution >= 0.6 is 0 Å². The van der Waals surface area contributed by atoms with Crippen molar-refractivity contribution in [2.24, 2.45) is 23.5 Å². The summed E-state index contributed by atoms with van der Waals surface area (Å²) in [6.07, 6.45) is 2.18. The number of carbonyl (C=O) groups excluding carboxylic acids is 3. The van der Waals surface area contributed by atoms with Crippen LogP contribution in [0.2, 0.25) is 0 Å². The molecule has 3 aliphatic carbocycles. The molecule has 0 bridgehead atoms. The van der Waals surface area contributed by atoms with E-state index in [-0.39, 0.29) is 29.7 Å². The van der Waals surface area contributed by atoms with E-state index in [2.05, 4.69) is 12.2 Å². The highest BCUT2D eigenvalue weighted by Gasteiger charge is 2.62. The summed E-state index contributed by atoms with van der Waals surface area (Å²) >= 11 is 0. The number of hydrogen-bond donors (Lipinski definition) is 7. The Hall–Kier alpha value is -3.37. The van der Waals surface area contributed by atoms with Crippen LogP contribution in [-0.4, -0.2) is 50.0 Å². The molecule has 10 nitrogen and oxygen atoms in total. The number of hydrogen-bond acceptors (Lipinski definition) is 9. The van der Waals surface area contributed by atoms with Crippen LogP contribution in [0.3, 0.4) is 0 Å². The van der Waals surface area contributed by atoms with Gasteiger partial charge in [0.15, 0.2) is 11.4 Å². The number of unbranched alkanes of at least 4 members (excludes halogenated alkanes) is 1. The summed E-state index contributed by atoms with van der Waals surface area (Å²) < 4.78 is 0. The van der Waals surface area contributed by atoms with Crippen molar-refractivity contribution in [3.63, 3.8) is 0 Å². The first-order valence-electron chi connectivity index (χ1n) is 11.8. The normalized spacial score (nSPS) is 28.0. The Morgan fingerprint density at radius 2 is 1.94 bits per heavy atom. The van der Waals surface area contributed by atoms with Crippen LogP contribution in [-0.2, 0) is 27.3 Å². The number of nitrogens with two attached hydrogens (primary N) is 2. The standard InChI is InChI=1S/C25H31N3O7/c1-3-4-5-28-9-12-8-15(26)13-6-11-7-14-10(2)19(29)18(24(27)34)23(33)25(14,35)22(32)16(11)21(31)17(13)20(12)30/h8,10-11,14,28,30-31,33,35H,3-7,9,26H2,1-2H3,(H2,27,34)/t10?,11?,14-,25-/m0/s1. The van der Waals surface area contributed by atoms with Gasteiger partial charge in [0.05, 0.1) is 5.56 Å². The first kappa shape index (κ1) is 24.7. The van der Waals surface area contributed by atoms with Gasteiger partial charge in [-0.2, -0.15) is 0 Å². The summed E-state index contributed by atoms with van der Waals surface area (Å²) in [4.78, 5) is 38.2. The van der Waals surface area contributed by atoms with E-state index in [1.807, 2.05) is 0 Å². The van der Waals surface area contributed by atoms with Crippen molar-refractivity contribution in [2.75, 3.05) is 12.3 Å². The number of phenolic OH excluding ortho intramolecular Hbond substituents is 1. The van der Waals surface area contributed by atoms with Gasteiger partial charge in [0, 0.05) is 35.2 Å². The van der Waals surface area contributed by atoms with E-state index in [1.165, 1.54) is 6.92 Å². The van der Waals surface area contributed by atoms with Crippen LogP contribution in [0.4, 0.5) is 5.69 Å². The first-order chi connectivity index (χ1) is 16.5. The zero-order valence-corrected chi connectivity index (χ0v) is 19.7. The minimum Gasteiger partial charge on any atom is -0.508 e. The molecule has 1 aromatic carbocycles. The van der Waals surface area contributed by atoms with E-state index >= 15 is 0 Å². The van der Waals surface area contributed by atoms with Crippen molar-refractivity contribution in [2.45, 2.75) is 51.7 Å². The van der Waals surface area contributed by atoms with Gasteiger partial charge < -0.3 is 37.2 Å². The fourth-order valence-corrected chi connectivity index (χ4v) is 5.75. The second-order valence-corrected chi connectivity index (χ2v) is 9.70. The second-order valence-electron chi connectivity index (χ2n) is 9.70. The summed E-state index contributed by atoms with van der Waals surface area (Å²) in [5, 5.41) is 47.5. The lowest BCUT2D eigenvalue weighted by Gasteiger charge is -2.48. The monoisotopic (exact) mass is 485 g/mol. The Morgan fingerprint density at radius 3 is 2.57 bits per heavy atom. The van der Waals surface area contributed by atoms with Crippen LogP contribution in [0.25, 0.3) is 5.76 Å². The molecule has 0 heterocycles. The third-order valence-corrected chi connectivity index (χ3v) is 7.67. The van der Waals surface area contributed by atoms with E-state index in [9.17, 15) is 34.8 Å². The molecule has 188 valence electrons. The van der Waals surface area contributed by atoms with Gasteiger partial charge in [-0.05, 0) is 43.4 Å². The molecule has 1 saturated carbocycles. The van der Waals surface area contributed by atoms with Crippen LogP contribution in [0.1, 0.15) is 49.8 Å². The van der Waals surface area contributed by atoms with Gasteiger partial charge in [-0.1, -0.05) is 20.3 Å². The van der Waals surface area contributed by atoms with E-state index in [0.717, 1.165) is 19.4 Å². The largest absolute Gasteiger partial charge is 0.508 e. The zero-order valence-electron chi connectivity index (χ0n) is 19.7. The lowest BCUT2D eigenvalue weighted by molar-refractivity contribution is -0.152. The highest BCUT2D eigenvalue weighted by atomic mass is 16.3. The van der Waals surface area contributed by atoms with Gasteiger partial charge >= 0.3 is 0 Å². The molecular weight excluding hydrogens is 454 g/mol. The van der Waals surface area contributed by atoms with Crippen molar-refractivity contribution in [1.82, 2.24) is 5.32 Å². The predicted octanol–water partition coefficient (Wildman–Crippen LogP) is 1.14. The second kappa shape index (κ2) is 8.69. The molecule has 4 atom stereocenters. The Balaban J connectivity index is 1.84. The number of rotatable bonds is 6. The SMILES string of the molecule is CCCCNCc1cc(N)c2c(c1O)C(O)=C1C(=O)[C@]3(O)C(O)=C(C(N)=O)C(=O)C(C)[C@@H]3CC1C2. The molecule has 10 heteroatoms. The number of amides is 1. The maximum absolute atomic E-state index is 13.6. The van der Waals surface area contributed by atoms with E-state index in [1.54, 1.807) is 6.07 Å². The summed E-state index contributed by atoms with van der Waals surface area (Å²) in [6, 6.07) is 1.63. The predicted molar refractivity (Wildman–Crippen MR) is 127 cm³/mol. The fraction of sp³-hybridized carbons (Fsp3) is 0.480. The number of aliphatic hydroxyl groups is 3. The smallest absolute Gasteiger partial charge is 0.255 e. The van der Waals surface area contributed by atoms with Crippen molar-refractivity contribution in [3.8, 4) is 5.75 Å². The van der Waals surface area contributed by atoms with Crippen molar-refractivity contribution >= 4 is 28.9 Å². The number of carbonyl (C=O) groups is 3. The van der Waals surface area contributed by atoms with Crippen molar-refractivity contribution < 1.29 is 34.8 Å². The lowest BCUT2D eigenvalue weighted by atomic mass is 9.56. The maximum atomic E-state index is 13.6. The number of benzene rings is 1. The average Bonchev–Trinajstić information content (AvgIpc) is 2.80. The van der Waals surface area contributed by atoms with E-state index in [0.29, 0.717) is 23.4 Å². The van der Waals surface area contributed by atoms with Crippen LogP contribution in [0.15, 0.2) is 23.0 Å². The molecular formula is C25H31N3O7. The van der Waals surface area contributed by atoms with Gasteiger partial charge in [-0.15, -0.1) is 0 Å². The van der Waals surface area contributed by atoms with Gasteiger partial charge in [0.1, 0.15) is 22.8 Å². The summed E-state index contributed by atoms with van der Waals surface area (Å²) in [6.45, 7) is 4.53. The fourth-order valence-electron chi connectivity index (χ4n) is 5.75. The number of aromatic hydroxyl groups is 1. The van der Waals surface area contributed by atoms with Crippen molar-refractivity contribution in [1.29, 1.82) is 0 Å². The molecule has 1 amide bonds. The molecule has 3 aliphatic rings. The van der Waals surface area contributed by atoms with Crippen molar-refractivity contribution in [3.05, 3.63) is 39.7 Å². The quantitative estimate of drug-likeness (QED) is 0.134. The molecule has 0 aromatic heterocycles. The van der Waals surface area contributed by atoms with Crippen LogP contribution in [0, 0.1) is 17.8 Å². The molecule has 4 rings (SSSR count). The number of fused-ring (bicyclic) bond motifs is 3. The Bertz CT molecular complexity index is 1200. The van der Waals surface area contributed by atoms with E-state index in [4.69, 9.17) is 11.5 Å². The third kappa shape index (κ3) is 3.51. The first-order valence-corrected chi connectivity index (χ1v) is 11.8. The molecule has 2 unspecified atom stereocenters. The number of ketones is 2. The maximum Gasteiger partial charge on any atom is 0.255 e. The number of Topliss-reactive ketones (excluding diaryl/α,β-unsaturated/α-hetero) is 2. The molecule has 0 saturated heterocycles. The van der Waals surface area contributed by atoms with E-state index < -0.39 is 57.9 Å². The third-order valence-electron chi connectivity index (χ3n) is 7.67. The summed E-state index contributed by atoms with van der Waals surface area (Å²) in [5.41, 5.74) is 9.21. The summed E-state index contributed by atoms with van der Waals surface area (Å²) in [7, 11) is 0. The van der Waals surface area contributed by atoms with Gasteiger partial charge in [0.25, 0.3) is 5.91 Å². The number of nitrogens with one attached hydrogen (secondary N) is 1. The highest BCUT2D eigenvalue weighted by molar-refractivity contribution is 6.23. The molecule has 0 spiro atoms. The topological polar surface area (TPSA) is 196 Å². The number of phenols is 1. The minimum absolute atomic E-state index is 0.0115. The molecule has 0 aliphatic heterocycles. The van der Waals surface area contributed by atoms with Crippen LogP contribution in [0.5, 0.6) is 5.75 Å². The number of primary amides is 1. The Kier molecular flexibility index (Phi) is 6.14. The molecule has 35 heavy (non-hydrogen) atoms. The molecule has 1 fully saturated rings. The molecule has 1 aromatic rings.